The molecule has 0 aliphatic carbocycles. The van der Waals surface area contributed by atoms with Gasteiger partial charge in [0.1, 0.15) is 5.82 Å². The molecule has 18 heavy (non-hydrogen) atoms. The minimum absolute atomic E-state index is 0.201. The summed E-state index contributed by atoms with van der Waals surface area (Å²) in [5.74, 6) is 0.787. The zero-order valence-electron chi connectivity index (χ0n) is 10.7. The first-order valence-electron chi connectivity index (χ1n) is 6.36. The Labute approximate surface area is 105 Å². The maximum absolute atomic E-state index is 12.1. The number of aromatic nitrogens is 2. The van der Waals surface area contributed by atoms with Crippen LogP contribution in [0.2, 0.25) is 0 Å². The Kier molecular flexibility index (Phi) is 2.43. The SMILES string of the molecule is Cn1c2c(c(=O)n(C)c1=O)C=C[C@@H]1CCCCN21. The van der Waals surface area contributed by atoms with E-state index in [2.05, 4.69) is 11.0 Å². The molecule has 2 aliphatic rings. The summed E-state index contributed by atoms with van der Waals surface area (Å²) in [6.45, 7) is 0.919. The molecular formula is C13H17N3O2. The van der Waals surface area contributed by atoms with Gasteiger partial charge < -0.3 is 4.90 Å². The Balaban J connectivity index is 2.30. The highest BCUT2D eigenvalue weighted by molar-refractivity contribution is 5.68. The van der Waals surface area contributed by atoms with Crippen molar-refractivity contribution in [3.05, 3.63) is 32.5 Å². The summed E-state index contributed by atoms with van der Waals surface area (Å²) >= 11 is 0. The first-order valence-corrected chi connectivity index (χ1v) is 6.36. The van der Waals surface area contributed by atoms with Crippen LogP contribution in [0.3, 0.4) is 0 Å². The van der Waals surface area contributed by atoms with Crippen molar-refractivity contribution in [2.24, 2.45) is 14.1 Å². The molecule has 0 radical (unpaired) electrons. The lowest BCUT2D eigenvalue weighted by molar-refractivity contribution is 0.496. The number of fused-ring (bicyclic) bond motifs is 3. The molecule has 3 heterocycles. The molecule has 1 aromatic heterocycles. The first kappa shape index (κ1) is 11.3. The van der Waals surface area contributed by atoms with Crippen LogP contribution in [-0.4, -0.2) is 21.7 Å². The van der Waals surface area contributed by atoms with E-state index in [-0.39, 0.29) is 11.2 Å². The van der Waals surface area contributed by atoms with Crippen LogP contribution >= 0.6 is 0 Å². The molecule has 2 aliphatic heterocycles. The van der Waals surface area contributed by atoms with Crippen LogP contribution in [0.25, 0.3) is 6.08 Å². The summed E-state index contributed by atoms with van der Waals surface area (Å²) in [5.41, 5.74) is 0.185. The highest BCUT2D eigenvalue weighted by Gasteiger charge is 2.29. The fraction of sp³-hybridized carbons (Fsp3) is 0.538. The number of hydrogen-bond donors (Lipinski definition) is 0. The summed E-state index contributed by atoms with van der Waals surface area (Å²) in [6, 6.07) is 0.337. The molecule has 5 nitrogen and oxygen atoms in total. The molecule has 0 N–H and O–H groups in total. The molecule has 0 saturated carbocycles. The Morgan fingerprint density at radius 3 is 2.72 bits per heavy atom. The van der Waals surface area contributed by atoms with E-state index in [4.69, 9.17) is 0 Å². The third-order valence-electron chi connectivity index (χ3n) is 3.97. The molecular weight excluding hydrogens is 230 g/mol. The number of rotatable bonds is 0. The van der Waals surface area contributed by atoms with Gasteiger partial charge in [-0.05, 0) is 25.3 Å². The van der Waals surface area contributed by atoms with Crippen LogP contribution in [0.1, 0.15) is 24.8 Å². The predicted octanol–water partition coefficient (Wildman–Crippen LogP) is 0.470. The van der Waals surface area contributed by atoms with Crippen molar-refractivity contribution in [3.63, 3.8) is 0 Å². The third-order valence-corrected chi connectivity index (χ3v) is 3.97. The number of hydrogen-bond acceptors (Lipinski definition) is 3. The largest absolute Gasteiger partial charge is 0.351 e. The van der Waals surface area contributed by atoms with E-state index in [0.29, 0.717) is 11.6 Å². The molecule has 5 heteroatoms. The van der Waals surface area contributed by atoms with E-state index in [1.165, 1.54) is 18.0 Å². The third kappa shape index (κ3) is 1.39. The van der Waals surface area contributed by atoms with Gasteiger partial charge in [0.25, 0.3) is 5.56 Å². The van der Waals surface area contributed by atoms with Crippen LogP contribution in [0, 0.1) is 0 Å². The Morgan fingerprint density at radius 2 is 1.94 bits per heavy atom. The molecule has 0 spiro atoms. The molecule has 1 atom stereocenters. The van der Waals surface area contributed by atoms with Gasteiger partial charge in [-0.2, -0.15) is 0 Å². The van der Waals surface area contributed by atoms with E-state index >= 15 is 0 Å². The summed E-state index contributed by atoms with van der Waals surface area (Å²) < 4.78 is 2.77. The van der Waals surface area contributed by atoms with Crippen molar-refractivity contribution in [3.8, 4) is 0 Å². The van der Waals surface area contributed by atoms with Crippen LogP contribution in [0.4, 0.5) is 5.82 Å². The summed E-state index contributed by atoms with van der Waals surface area (Å²) in [4.78, 5) is 26.3. The van der Waals surface area contributed by atoms with Crippen LogP contribution in [0.15, 0.2) is 15.7 Å². The van der Waals surface area contributed by atoms with Crippen molar-refractivity contribution in [2.45, 2.75) is 25.3 Å². The average molecular weight is 247 g/mol. The van der Waals surface area contributed by atoms with Crippen molar-refractivity contribution >= 4 is 11.9 Å². The molecule has 3 rings (SSSR count). The highest BCUT2D eigenvalue weighted by atomic mass is 16.2. The van der Waals surface area contributed by atoms with Gasteiger partial charge in [0.05, 0.1) is 5.56 Å². The standard InChI is InChI=1S/C13H17N3O2/c1-14-11-10(12(17)15(2)13(14)18)7-6-9-5-3-4-8-16(9)11/h6-7,9H,3-5,8H2,1-2H3/t9-/m0/s1. The molecule has 1 aromatic rings. The lowest BCUT2D eigenvalue weighted by atomic mass is 9.97. The Hall–Kier alpha value is -1.78. The number of nitrogens with zero attached hydrogens (tertiary/aromatic N) is 3. The topological polar surface area (TPSA) is 47.2 Å². The van der Waals surface area contributed by atoms with E-state index in [1.807, 2.05) is 6.08 Å². The van der Waals surface area contributed by atoms with Gasteiger partial charge in [-0.15, -0.1) is 0 Å². The number of piperidine rings is 1. The summed E-state index contributed by atoms with van der Waals surface area (Å²) in [6.07, 6.45) is 7.39. The zero-order chi connectivity index (χ0) is 12.9. The molecule has 0 amide bonds. The van der Waals surface area contributed by atoms with Gasteiger partial charge in [0.15, 0.2) is 0 Å². The van der Waals surface area contributed by atoms with Crippen LogP contribution in [0.5, 0.6) is 0 Å². The first-order chi connectivity index (χ1) is 8.61. The molecule has 1 fully saturated rings. The predicted molar refractivity (Wildman–Crippen MR) is 70.9 cm³/mol. The average Bonchev–Trinajstić information content (AvgIpc) is 2.41. The van der Waals surface area contributed by atoms with Gasteiger partial charge in [0, 0.05) is 26.7 Å². The highest BCUT2D eigenvalue weighted by Crippen LogP contribution is 2.30. The molecule has 1 saturated heterocycles. The normalized spacial score (nSPS) is 21.7. The van der Waals surface area contributed by atoms with Gasteiger partial charge in [-0.25, -0.2) is 4.79 Å². The Morgan fingerprint density at radius 1 is 1.17 bits per heavy atom. The van der Waals surface area contributed by atoms with Gasteiger partial charge in [-0.3, -0.25) is 13.9 Å². The van der Waals surface area contributed by atoms with Gasteiger partial charge in [0.2, 0.25) is 0 Å². The van der Waals surface area contributed by atoms with Crippen molar-refractivity contribution in [1.82, 2.24) is 9.13 Å². The number of anilines is 1. The van der Waals surface area contributed by atoms with E-state index in [0.717, 1.165) is 25.2 Å². The maximum atomic E-state index is 12.1. The molecule has 0 aromatic carbocycles. The maximum Gasteiger partial charge on any atom is 0.332 e. The Bertz CT molecular complexity index is 639. The lowest BCUT2D eigenvalue weighted by Crippen LogP contribution is -2.48. The van der Waals surface area contributed by atoms with Crippen LogP contribution in [-0.2, 0) is 14.1 Å². The molecule has 96 valence electrons. The summed E-state index contributed by atoms with van der Waals surface area (Å²) in [5, 5.41) is 0. The summed E-state index contributed by atoms with van der Waals surface area (Å²) in [7, 11) is 3.27. The second-order valence-electron chi connectivity index (χ2n) is 5.06. The molecule has 0 unspecified atom stereocenters. The van der Waals surface area contributed by atoms with Crippen molar-refractivity contribution < 1.29 is 0 Å². The zero-order valence-corrected chi connectivity index (χ0v) is 10.7. The lowest BCUT2D eigenvalue weighted by Gasteiger charge is -2.39. The fourth-order valence-corrected chi connectivity index (χ4v) is 2.98. The van der Waals surface area contributed by atoms with E-state index < -0.39 is 0 Å². The van der Waals surface area contributed by atoms with Crippen molar-refractivity contribution in [2.75, 3.05) is 11.4 Å². The minimum atomic E-state index is -0.252. The van der Waals surface area contributed by atoms with Crippen molar-refractivity contribution in [1.29, 1.82) is 0 Å². The van der Waals surface area contributed by atoms with Gasteiger partial charge in [-0.1, -0.05) is 6.08 Å². The van der Waals surface area contributed by atoms with Crippen LogP contribution < -0.4 is 16.1 Å². The second kappa shape index (κ2) is 3.86. The quantitative estimate of drug-likeness (QED) is 0.669. The van der Waals surface area contributed by atoms with Gasteiger partial charge >= 0.3 is 5.69 Å². The fourth-order valence-electron chi connectivity index (χ4n) is 2.98. The second-order valence-corrected chi connectivity index (χ2v) is 5.06. The van der Waals surface area contributed by atoms with E-state index in [9.17, 15) is 9.59 Å². The minimum Gasteiger partial charge on any atom is -0.351 e. The molecule has 0 bridgehead atoms. The monoisotopic (exact) mass is 247 g/mol. The smallest absolute Gasteiger partial charge is 0.332 e. The van der Waals surface area contributed by atoms with E-state index in [1.54, 1.807) is 11.6 Å².